The second kappa shape index (κ2) is 8.69. The lowest BCUT2D eigenvalue weighted by atomic mass is 9.96. The fourth-order valence-electron chi connectivity index (χ4n) is 4.57. The van der Waals surface area contributed by atoms with Gasteiger partial charge in [-0.3, -0.25) is 9.88 Å². The van der Waals surface area contributed by atoms with Crippen molar-refractivity contribution in [3.05, 3.63) is 94.3 Å². The molecular weight excluding hydrogens is 410 g/mol. The summed E-state index contributed by atoms with van der Waals surface area (Å²) in [5.74, 6) is 0.572. The van der Waals surface area contributed by atoms with Gasteiger partial charge in [-0.2, -0.15) is 0 Å². The summed E-state index contributed by atoms with van der Waals surface area (Å²) in [7, 11) is 0. The van der Waals surface area contributed by atoms with Gasteiger partial charge in [0.1, 0.15) is 5.75 Å². The molecule has 1 saturated heterocycles. The van der Waals surface area contributed by atoms with Crippen LogP contribution in [0.25, 0.3) is 0 Å². The Hall–Kier alpha value is -2.89. The largest absolute Gasteiger partial charge is 0.415 e. The highest BCUT2D eigenvalue weighted by molar-refractivity contribution is 6.30. The number of para-hydroxylation sites is 1. The Bertz CT molecular complexity index is 1080. The molecule has 1 aliphatic heterocycles. The summed E-state index contributed by atoms with van der Waals surface area (Å²) in [6, 6.07) is 19.7. The smallest absolute Gasteiger partial charge is 0.410 e. The van der Waals surface area contributed by atoms with Crippen LogP contribution >= 0.6 is 11.6 Å². The zero-order valence-electron chi connectivity index (χ0n) is 17.2. The molecule has 2 aliphatic rings. The molecule has 6 heteroatoms. The van der Waals surface area contributed by atoms with Crippen molar-refractivity contribution in [2.45, 2.75) is 18.9 Å². The number of nitrogens with zero attached hydrogens (tertiary/aromatic N) is 3. The van der Waals surface area contributed by atoms with Crippen LogP contribution in [0.2, 0.25) is 5.02 Å². The maximum Gasteiger partial charge on any atom is 0.415 e. The van der Waals surface area contributed by atoms with Crippen LogP contribution in [0.15, 0.2) is 66.9 Å². The van der Waals surface area contributed by atoms with Crippen molar-refractivity contribution in [1.82, 2.24) is 14.8 Å². The SMILES string of the molecule is O=C(Oc1ccccc1)N1CCN(C2c3ccc(Cl)cc3CCc3cccnc32)CC1. The van der Waals surface area contributed by atoms with Crippen molar-refractivity contribution in [2.75, 3.05) is 26.2 Å². The lowest BCUT2D eigenvalue weighted by Crippen LogP contribution is -2.50. The topological polar surface area (TPSA) is 45.7 Å². The molecule has 0 spiro atoms. The number of ether oxygens (including phenoxy) is 1. The van der Waals surface area contributed by atoms with Crippen molar-refractivity contribution < 1.29 is 9.53 Å². The second-order valence-electron chi connectivity index (χ2n) is 8.00. The van der Waals surface area contributed by atoms with Crippen LogP contribution in [0.4, 0.5) is 4.79 Å². The van der Waals surface area contributed by atoms with E-state index in [2.05, 4.69) is 23.1 Å². The Morgan fingerprint density at radius 2 is 1.71 bits per heavy atom. The molecular formula is C25H24ClN3O2. The maximum atomic E-state index is 12.6. The molecule has 1 fully saturated rings. The fraction of sp³-hybridized carbons (Fsp3) is 0.280. The first-order valence-corrected chi connectivity index (χ1v) is 11.0. The zero-order valence-corrected chi connectivity index (χ0v) is 18.0. The average Bonchev–Trinajstić information content (AvgIpc) is 2.96. The predicted octanol–water partition coefficient (Wildman–Crippen LogP) is 4.74. The molecule has 1 unspecified atom stereocenters. The van der Waals surface area contributed by atoms with Gasteiger partial charge in [-0.15, -0.1) is 0 Å². The number of carbonyl (C=O) groups excluding carboxylic acids is 1. The third-order valence-corrected chi connectivity index (χ3v) is 6.37. The van der Waals surface area contributed by atoms with E-state index in [4.69, 9.17) is 21.3 Å². The number of rotatable bonds is 2. The highest BCUT2D eigenvalue weighted by Gasteiger charge is 2.33. The van der Waals surface area contributed by atoms with Crippen LogP contribution in [0.5, 0.6) is 5.75 Å². The quantitative estimate of drug-likeness (QED) is 0.585. The molecule has 5 nitrogen and oxygen atoms in total. The van der Waals surface area contributed by atoms with E-state index in [1.807, 2.05) is 36.5 Å². The van der Waals surface area contributed by atoms with Gasteiger partial charge in [-0.25, -0.2) is 4.79 Å². The number of aromatic nitrogens is 1. The number of pyridine rings is 1. The maximum absolute atomic E-state index is 12.6. The fourth-order valence-corrected chi connectivity index (χ4v) is 4.76. The number of fused-ring (bicyclic) bond motifs is 2. The predicted molar refractivity (Wildman–Crippen MR) is 121 cm³/mol. The van der Waals surface area contributed by atoms with Crippen LogP contribution < -0.4 is 4.74 Å². The van der Waals surface area contributed by atoms with Gasteiger partial charge in [0.25, 0.3) is 0 Å². The molecule has 5 rings (SSSR count). The van der Waals surface area contributed by atoms with Gasteiger partial charge >= 0.3 is 6.09 Å². The molecule has 0 bridgehead atoms. The van der Waals surface area contributed by atoms with E-state index < -0.39 is 0 Å². The third-order valence-electron chi connectivity index (χ3n) is 6.13. The minimum atomic E-state index is -0.294. The normalized spacial score (nSPS) is 18.6. The van der Waals surface area contributed by atoms with Crippen molar-refractivity contribution in [3.63, 3.8) is 0 Å². The van der Waals surface area contributed by atoms with Crippen molar-refractivity contribution in [3.8, 4) is 5.75 Å². The van der Waals surface area contributed by atoms with E-state index >= 15 is 0 Å². The van der Waals surface area contributed by atoms with Gasteiger partial charge in [-0.05, 0) is 59.9 Å². The first-order valence-electron chi connectivity index (χ1n) is 10.7. The van der Waals surface area contributed by atoms with E-state index in [0.29, 0.717) is 18.8 Å². The molecule has 0 radical (unpaired) electrons. The van der Waals surface area contributed by atoms with Crippen LogP contribution in [-0.2, 0) is 12.8 Å². The molecule has 1 atom stereocenters. The van der Waals surface area contributed by atoms with Gasteiger partial charge in [-0.1, -0.05) is 41.9 Å². The molecule has 1 amide bonds. The Kier molecular flexibility index (Phi) is 5.62. The van der Waals surface area contributed by atoms with E-state index in [1.165, 1.54) is 16.7 Å². The molecule has 158 valence electrons. The zero-order chi connectivity index (χ0) is 21.2. The van der Waals surface area contributed by atoms with E-state index in [9.17, 15) is 4.79 Å². The number of piperazine rings is 1. The van der Waals surface area contributed by atoms with Gasteiger partial charge in [0.05, 0.1) is 11.7 Å². The lowest BCUT2D eigenvalue weighted by molar-refractivity contribution is 0.0965. The van der Waals surface area contributed by atoms with Crippen molar-refractivity contribution in [1.29, 1.82) is 0 Å². The summed E-state index contributed by atoms with van der Waals surface area (Å²) in [6.07, 6.45) is 3.49. The molecule has 31 heavy (non-hydrogen) atoms. The minimum Gasteiger partial charge on any atom is -0.410 e. The number of benzene rings is 2. The van der Waals surface area contributed by atoms with Crippen molar-refractivity contribution >= 4 is 17.7 Å². The Balaban J connectivity index is 1.37. The summed E-state index contributed by atoms with van der Waals surface area (Å²) in [5.41, 5.74) is 4.94. The van der Waals surface area contributed by atoms with Crippen LogP contribution in [0.1, 0.15) is 28.4 Å². The Morgan fingerprint density at radius 1 is 0.935 bits per heavy atom. The number of carbonyl (C=O) groups is 1. The molecule has 3 aromatic rings. The van der Waals surface area contributed by atoms with E-state index in [1.54, 1.807) is 17.0 Å². The van der Waals surface area contributed by atoms with E-state index in [0.717, 1.165) is 36.6 Å². The molecule has 1 aromatic heterocycles. The number of hydrogen-bond acceptors (Lipinski definition) is 4. The third kappa shape index (κ3) is 4.16. The summed E-state index contributed by atoms with van der Waals surface area (Å²) in [5, 5.41) is 0.768. The summed E-state index contributed by atoms with van der Waals surface area (Å²) >= 11 is 6.31. The van der Waals surface area contributed by atoms with Crippen LogP contribution in [-0.4, -0.2) is 47.1 Å². The summed E-state index contributed by atoms with van der Waals surface area (Å²) < 4.78 is 5.52. The molecule has 0 N–H and O–H groups in total. The van der Waals surface area contributed by atoms with Crippen LogP contribution in [0.3, 0.4) is 0 Å². The standard InChI is InChI=1S/C25H24ClN3O2/c26-20-10-11-22-19(17-20)9-8-18-5-4-12-27-23(18)24(22)28-13-15-29(16-14-28)25(30)31-21-6-2-1-3-7-21/h1-7,10-12,17,24H,8-9,13-16H2. The highest BCUT2D eigenvalue weighted by Crippen LogP contribution is 2.37. The average molecular weight is 434 g/mol. The molecule has 0 saturated carbocycles. The monoisotopic (exact) mass is 433 g/mol. The van der Waals surface area contributed by atoms with Gasteiger partial charge < -0.3 is 9.64 Å². The highest BCUT2D eigenvalue weighted by atomic mass is 35.5. The second-order valence-corrected chi connectivity index (χ2v) is 8.43. The first-order chi connectivity index (χ1) is 15.2. The molecule has 1 aliphatic carbocycles. The number of halogens is 1. The molecule has 2 heterocycles. The number of hydrogen-bond donors (Lipinski definition) is 0. The van der Waals surface area contributed by atoms with Crippen molar-refractivity contribution in [2.24, 2.45) is 0 Å². The van der Waals surface area contributed by atoms with Crippen LogP contribution in [0, 0.1) is 0 Å². The number of aryl methyl sites for hydroxylation is 2. The van der Waals surface area contributed by atoms with Gasteiger partial charge in [0.15, 0.2) is 0 Å². The number of amides is 1. The van der Waals surface area contributed by atoms with Gasteiger partial charge in [0.2, 0.25) is 0 Å². The summed E-state index contributed by atoms with van der Waals surface area (Å²) in [4.78, 5) is 21.6. The Morgan fingerprint density at radius 3 is 2.52 bits per heavy atom. The summed E-state index contributed by atoms with van der Waals surface area (Å²) in [6.45, 7) is 2.75. The minimum absolute atomic E-state index is 0.0678. The van der Waals surface area contributed by atoms with Gasteiger partial charge in [0, 0.05) is 37.4 Å². The Labute approximate surface area is 187 Å². The first kappa shape index (κ1) is 20.0. The molecule has 2 aromatic carbocycles. The van der Waals surface area contributed by atoms with E-state index in [-0.39, 0.29) is 12.1 Å². The lowest BCUT2D eigenvalue weighted by Gasteiger charge is -2.39.